The summed E-state index contributed by atoms with van der Waals surface area (Å²) in [5.74, 6) is 0.112. The number of amides is 1. The minimum atomic E-state index is -0.673. The summed E-state index contributed by atoms with van der Waals surface area (Å²) in [6.45, 7) is 6.75. The Balaban J connectivity index is 2.99. The lowest BCUT2D eigenvalue weighted by Gasteiger charge is -2.20. The van der Waals surface area contributed by atoms with E-state index in [4.69, 9.17) is 9.47 Å². The Hall–Kier alpha value is -2.24. The zero-order chi connectivity index (χ0) is 16.9. The molecule has 122 valence electrons. The van der Waals surface area contributed by atoms with Crippen molar-refractivity contribution in [2.24, 2.45) is 0 Å². The Kier molecular flexibility index (Phi) is 5.79. The van der Waals surface area contributed by atoms with Gasteiger partial charge in [-0.05, 0) is 51.8 Å². The zero-order valence-electron chi connectivity index (χ0n) is 13.6. The van der Waals surface area contributed by atoms with E-state index in [1.165, 1.54) is 14.0 Å². The number of nitrogens with one attached hydrogen (secondary N) is 1. The summed E-state index contributed by atoms with van der Waals surface area (Å²) in [5, 5.41) is 12.6. The largest absolute Gasteiger partial charge is 0.503 e. The fourth-order valence-corrected chi connectivity index (χ4v) is 1.79. The highest BCUT2D eigenvalue weighted by molar-refractivity contribution is 5.88. The maximum atomic E-state index is 11.8. The Bertz CT molecular complexity index is 560. The first-order valence-corrected chi connectivity index (χ1v) is 7.01. The maximum absolute atomic E-state index is 11.8. The number of rotatable bonds is 5. The number of Topliss-reactive ketones (excluding diaryl/α,β-unsaturated/α-hetero) is 1. The van der Waals surface area contributed by atoms with Gasteiger partial charge in [-0.25, -0.2) is 4.79 Å². The third-order valence-electron chi connectivity index (χ3n) is 2.76. The van der Waals surface area contributed by atoms with E-state index in [2.05, 4.69) is 5.32 Å². The highest BCUT2D eigenvalue weighted by Gasteiger charge is 2.19. The first kappa shape index (κ1) is 17.8. The first-order chi connectivity index (χ1) is 10.1. The van der Waals surface area contributed by atoms with Crippen LogP contribution in [0.4, 0.5) is 10.5 Å². The molecule has 0 spiro atoms. The molecule has 1 aromatic carbocycles. The van der Waals surface area contributed by atoms with E-state index in [-0.39, 0.29) is 23.0 Å². The van der Waals surface area contributed by atoms with E-state index < -0.39 is 11.7 Å². The highest BCUT2D eigenvalue weighted by Crippen LogP contribution is 2.36. The van der Waals surface area contributed by atoms with Gasteiger partial charge in [-0.3, -0.25) is 5.32 Å². The lowest BCUT2D eigenvalue weighted by molar-refractivity contribution is -0.116. The van der Waals surface area contributed by atoms with E-state index in [9.17, 15) is 14.7 Å². The average Bonchev–Trinajstić information content (AvgIpc) is 2.37. The number of aryl methyl sites for hydroxylation is 1. The van der Waals surface area contributed by atoms with Crippen LogP contribution in [0.2, 0.25) is 0 Å². The van der Waals surface area contributed by atoms with Crippen LogP contribution in [-0.2, 0) is 16.0 Å². The van der Waals surface area contributed by atoms with E-state index in [1.807, 2.05) is 0 Å². The lowest BCUT2D eigenvalue weighted by Crippen LogP contribution is -2.27. The molecule has 0 bridgehead atoms. The molecule has 0 saturated carbocycles. The van der Waals surface area contributed by atoms with Crippen molar-refractivity contribution in [3.8, 4) is 11.5 Å². The van der Waals surface area contributed by atoms with E-state index in [0.29, 0.717) is 12.8 Å². The Morgan fingerprint density at radius 3 is 2.41 bits per heavy atom. The number of phenols is 1. The molecular formula is C16H23NO5. The molecule has 0 unspecified atom stereocenters. The Morgan fingerprint density at radius 2 is 1.91 bits per heavy atom. The van der Waals surface area contributed by atoms with E-state index in [0.717, 1.165) is 5.56 Å². The number of ether oxygens (including phenoxy) is 2. The van der Waals surface area contributed by atoms with Crippen molar-refractivity contribution >= 4 is 17.6 Å². The minimum absolute atomic E-state index is 0.0636. The van der Waals surface area contributed by atoms with Crippen molar-refractivity contribution in [2.75, 3.05) is 12.4 Å². The maximum Gasteiger partial charge on any atom is 0.412 e. The van der Waals surface area contributed by atoms with Gasteiger partial charge in [0, 0.05) is 6.42 Å². The number of aromatic hydroxyl groups is 1. The molecule has 0 aliphatic rings. The van der Waals surface area contributed by atoms with E-state index >= 15 is 0 Å². The second kappa shape index (κ2) is 7.15. The monoisotopic (exact) mass is 309 g/mol. The van der Waals surface area contributed by atoms with Gasteiger partial charge in [0.15, 0.2) is 11.5 Å². The number of benzene rings is 1. The molecule has 0 radical (unpaired) electrons. The van der Waals surface area contributed by atoms with Crippen LogP contribution in [0.15, 0.2) is 12.1 Å². The summed E-state index contributed by atoms with van der Waals surface area (Å²) in [6.07, 6.45) is 0.197. The molecule has 0 aliphatic heterocycles. The van der Waals surface area contributed by atoms with Gasteiger partial charge < -0.3 is 19.4 Å². The standard InChI is InChI=1S/C16H23NO5/c1-10(18)6-7-11-8-12(14(19)13(9-11)21-5)17-15(20)22-16(2,3)4/h8-9,19H,6-7H2,1-5H3,(H,17,20). The number of ketones is 1. The van der Waals surface area contributed by atoms with Gasteiger partial charge in [-0.15, -0.1) is 0 Å². The summed E-state index contributed by atoms with van der Waals surface area (Å²) in [7, 11) is 1.42. The fraction of sp³-hybridized carbons (Fsp3) is 0.500. The normalized spacial score (nSPS) is 11.0. The van der Waals surface area contributed by atoms with Crippen LogP contribution in [0, 0.1) is 0 Å². The Morgan fingerprint density at radius 1 is 1.27 bits per heavy atom. The number of hydrogen-bond acceptors (Lipinski definition) is 5. The summed E-state index contributed by atoms with van der Waals surface area (Å²) in [5.41, 5.74) is 0.318. The van der Waals surface area contributed by atoms with Crippen LogP contribution >= 0.6 is 0 Å². The van der Waals surface area contributed by atoms with Crippen LogP contribution in [0.3, 0.4) is 0 Å². The highest BCUT2D eigenvalue weighted by atomic mass is 16.6. The predicted molar refractivity (Wildman–Crippen MR) is 83.5 cm³/mol. The zero-order valence-corrected chi connectivity index (χ0v) is 13.6. The SMILES string of the molecule is COc1cc(CCC(C)=O)cc(NC(=O)OC(C)(C)C)c1O. The summed E-state index contributed by atoms with van der Waals surface area (Å²) >= 11 is 0. The fourth-order valence-electron chi connectivity index (χ4n) is 1.79. The molecule has 0 saturated heterocycles. The Labute approximate surface area is 130 Å². The number of phenolic OH excluding ortho intramolecular Hbond substituents is 1. The molecular weight excluding hydrogens is 286 g/mol. The van der Waals surface area contributed by atoms with Crippen molar-refractivity contribution in [3.63, 3.8) is 0 Å². The van der Waals surface area contributed by atoms with Crippen molar-refractivity contribution < 1.29 is 24.2 Å². The number of carbonyl (C=O) groups is 2. The topological polar surface area (TPSA) is 84.9 Å². The molecule has 1 rings (SSSR count). The quantitative estimate of drug-likeness (QED) is 0.815. The van der Waals surface area contributed by atoms with E-state index in [1.54, 1.807) is 32.9 Å². The lowest BCUT2D eigenvalue weighted by atomic mass is 10.1. The summed E-state index contributed by atoms with van der Waals surface area (Å²) in [6, 6.07) is 3.24. The second-order valence-corrected chi connectivity index (χ2v) is 6.02. The van der Waals surface area contributed by atoms with Gasteiger partial charge in [0.05, 0.1) is 12.8 Å². The number of carbonyl (C=O) groups excluding carboxylic acids is 2. The van der Waals surface area contributed by atoms with Crippen LogP contribution in [0.25, 0.3) is 0 Å². The third-order valence-corrected chi connectivity index (χ3v) is 2.76. The smallest absolute Gasteiger partial charge is 0.412 e. The third kappa shape index (κ3) is 5.63. The van der Waals surface area contributed by atoms with Gasteiger partial charge in [0.2, 0.25) is 0 Å². The van der Waals surface area contributed by atoms with Crippen LogP contribution in [0.5, 0.6) is 11.5 Å². The molecule has 0 aliphatic carbocycles. The molecule has 0 atom stereocenters. The summed E-state index contributed by atoms with van der Waals surface area (Å²) in [4.78, 5) is 22.9. The second-order valence-electron chi connectivity index (χ2n) is 6.02. The first-order valence-electron chi connectivity index (χ1n) is 7.01. The number of hydrogen-bond donors (Lipinski definition) is 2. The molecule has 6 nitrogen and oxygen atoms in total. The molecule has 0 heterocycles. The van der Waals surface area contributed by atoms with Crippen molar-refractivity contribution in [1.29, 1.82) is 0 Å². The number of methoxy groups -OCH3 is 1. The molecule has 1 aromatic rings. The molecule has 0 fully saturated rings. The van der Waals surface area contributed by atoms with Crippen LogP contribution < -0.4 is 10.1 Å². The van der Waals surface area contributed by atoms with Crippen molar-refractivity contribution in [3.05, 3.63) is 17.7 Å². The number of anilines is 1. The molecule has 2 N–H and O–H groups in total. The van der Waals surface area contributed by atoms with Crippen LogP contribution in [0.1, 0.15) is 39.7 Å². The van der Waals surface area contributed by atoms with Crippen molar-refractivity contribution in [1.82, 2.24) is 0 Å². The van der Waals surface area contributed by atoms with Gasteiger partial charge in [0.1, 0.15) is 11.4 Å². The predicted octanol–water partition coefficient (Wildman–Crippen LogP) is 3.27. The summed E-state index contributed by atoms with van der Waals surface area (Å²) < 4.78 is 10.2. The van der Waals surface area contributed by atoms with Gasteiger partial charge in [0.25, 0.3) is 0 Å². The average molecular weight is 309 g/mol. The van der Waals surface area contributed by atoms with Gasteiger partial charge in [-0.1, -0.05) is 0 Å². The minimum Gasteiger partial charge on any atom is -0.503 e. The van der Waals surface area contributed by atoms with Gasteiger partial charge in [-0.2, -0.15) is 0 Å². The van der Waals surface area contributed by atoms with Crippen LogP contribution in [-0.4, -0.2) is 29.7 Å². The van der Waals surface area contributed by atoms with Gasteiger partial charge >= 0.3 is 6.09 Å². The molecule has 22 heavy (non-hydrogen) atoms. The molecule has 0 aromatic heterocycles. The van der Waals surface area contributed by atoms with Crippen molar-refractivity contribution in [2.45, 2.75) is 46.1 Å². The molecule has 6 heteroatoms. The molecule has 1 amide bonds.